The lowest BCUT2D eigenvalue weighted by Crippen LogP contribution is -2.29. The third kappa shape index (κ3) is 3.43. The van der Waals surface area contributed by atoms with Gasteiger partial charge in [0.25, 0.3) is 0 Å². The normalized spacial score (nSPS) is 22.2. The molecule has 0 spiro atoms. The zero-order valence-corrected chi connectivity index (χ0v) is 15.7. The van der Waals surface area contributed by atoms with E-state index in [0.717, 1.165) is 0 Å². The van der Waals surface area contributed by atoms with Crippen molar-refractivity contribution in [2.24, 2.45) is 5.92 Å². The number of likely N-dealkylation sites (N-methyl/N-ethyl adjacent to an activating group) is 1. The van der Waals surface area contributed by atoms with E-state index in [1.54, 1.807) is 26.1 Å². The Morgan fingerprint density at radius 2 is 1.93 bits per heavy atom. The van der Waals surface area contributed by atoms with Crippen LogP contribution in [0, 0.1) is 18.7 Å². The molecule has 2 aromatic rings. The maximum absolute atomic E-state index is 13.8. The van der Waals surface area contributed by atoms with Gasteiger partial charge in [0.1, 0.15) is 17.5 Å². The molecule has 2 aliphatic heterocycles. The van der Waals surface area contributed by atoms with Crippen LogP contribution in [0.1, 0.15) is 22.6 Å². The van der Waals surface area contributed by atoms with Gasteiger partial charge in [-0.3, -0.25) is 9.59 Å². The monoisotopic (exact) mass is 405 g/mol. The van der Waals surface area contributed by atoms with Crippen molar-refractivity contribution >= 4 is 11.7 Å². The van der Waals surface area contributed by atoms with E-state index in [2.05, 4.69) is 9.47 Å². The van der Waals surface area contributed by atoms with Gasteiger partial charge in [-0.15, -0.1) is 8.78 Å². The molecular formula is C21H18F3NO4. The fraction of sp³-hybridized carbons (Fsp3) is 0.333. The minimum absolute atomic E-state index is 0.0903. The number of rotatable bonds is 4. The van der Waals surface area contributed by atoms with Gasteiger partial charge in [-0.2, -0.15) is 0 Å². The zero-order valence-electron chi connectivity index (χ0n) is 15.7. The summed E-state index contributed by atoms with van der Waals surface area (Å²) in [6.07, 6.45) is -3.83. The summed E-state index contributed by atoms with van der Waals surface area (Å²) in [6, 6.07) is 8.74. The lowest BCUT2D eigenvalue weighted by Gasteiger charge is -2.17. The van der Waals surface area contributed by atoms with Crippen molar-refractivity contribution in [3.05, 3.63) is 58.9 Å². The molecule has 0 aliphatic carbocycles. The standard InChI is InChI=1S/C21H18F3NO4/c1-11-12(4-3-5-15(11)22)8-16(26)19-14(10-25(2)20(19)27)13-6-7-17-18(9-13)29-21(23,24)28-17/h3-7,9,14,19H,8,10H2,1-2H3/t14-,19+/m1/s1. The van der Waals surface area contributed by atoms with Gasteiger partial charge in [0.2, 0.25) is 5.91 Å². The highest BCUT2D eigenvalue weighted by Crippen LogP contribution is 2.44. The molecule has 0 aromatic heterocycles. The Kier molecular flexibility index (Phi) is 4.52. The number of likely N-dealkylation sites (tertiary alicyclic amines) is 1. The van der Waals surface area contributed by atoms with Crippen LogP contribution in [0.15, 0.2) is 36.4 Å². The summed E-state index contributed by atoms with van der Waals surface area (Å²) in [5.74, 6) is -2.87. The molecule has 2 aliphatic rings. The van der Waals surface area contributed by atoms with Crippen molar-refractivity contribution in [1.29, 1.82) is 0 Å². The van der Waals surface area contributed by atoms with E-state index in [1.807, 2.05) is 0 Å². The average molecular weight is 405 g/mol. The first-order valence-electron chi connectivity index (χ1n) is 9.08. The van der Waals surface area contributed by atoms with E-state index < -0.39 is 23.9 Å². The van der Waals surface area contributed by atoms with Crippen molar-refractivity contribution in [1.82, 2.24) is 4.90 Å². The van der Waals surface area contributed by atoms with Crippen LogP contribution >= 0.6 is 0 Å². The molecule has 2 atom stereocenters. The van der Waals surface area contributed by atoms with E-state index in [1.165, 1.54) is 29.2 Å². The Morgan fingerprint density at radius 1 is 1.21 bits per heavy atom. The topological polar surface area (TPSA) is 55.8 Å². The van der Waals surface area contributed by atoms with Crippen LogP contribution in [0.3, 0.4) is 0 Å². The largest absolute Gasteiger partial charge is 0.586 e. The van der Waals surface area contributed by atoms with Gasteiger partial charge in [0.05, 0.1) is 0 Å². The summed E-state index contributed by atoms with van der Waals surface area (Å²) in [5.41, 5.74) is 1.40. The molecule has 152 valence electrons. The highest BCUT2D eigenvalue weighted by Gasteiger charge is 2.46. The molecule has 5 nitrogen and oxygen atoms in total. The van der Waals surface area contributed by atoms with Crippen LogP contribution < -0.4 is 9.47 Å². The van der Waals surface area contributed by atoms with E-state index in [4.69, 9.17) is 0 Å². The molecule has 1 amide bonds. The molecule has 1 fully saturated rings. The second-order valence-corrected chi connectivity index (χ2v) is 7.34. The van der Waals surface area contributed by atoms with Gasteiger partial charge in [0.15, 0.2) is 11.5 Å². The molecular weight excluding hydrogens is 387 g/mol. The number of ether oxygens (including phenoxy) is 2. The Hall–Kier alpha value is -3.03. The van der Waals surface area contributed by atoms with Crippen LogP contribution in [0.2, 0.25) is 0 Å². The van der Waals surface area contributed by atoms with Gasteiger partial charge in [-0.05, 0) is 41.8 Å². The summed E-state index contributed by atoms with van der Waals surface area (Å²) < 4.78 is 49.3. The predicted octanol–water partition coefficient (Wildman–Crippen LogP) is 3.44. The maximum Gasteiger partial charge on any atom is 0.586 e. The number of benzene rings is 2. The fourth-order valence-corrected chi connectivity index (χ4v) is 3.90. The third-order valence-corrected chi connectivity index (χ3v) is 5.46. The lowest BCUT2D eigenvalue weighted by atomic mass is 9.83. The van der Waals surface area contributed by atoms with Crippen LogP contribution in [-0.4, -0.2) is 36.5 Å². The summed E-state index contributed by atoms with van der Waals surface area (Å²) in [6.45, 7) is 1.84. The molecule has 0 saturated carbocycles. The van der Waals surface area contributed by atoms with Gasteiger partial charge in [-0.1, -0.05) is 18.2 Å². The molecule has 0 radical (unpaired) electrons. The quantitative estimate of drug-likeness (QED) is 0.732. The molecule has 0 bridgehead atoms. The number of hydrogen-bond donors (Lipinski definition) is 0. The Morgan fingerprint density at radius 3 is 2.69 bits per heavy atom. The lowest BCUT2D eigenvalue weighted by molar-refractivity contribution is -0.286. The van der Waals surface area contributed by atoms with Crippen molar-refractivity contribution in [3.8, 4) is 11.5 Å². The van der Waals surface area contributed by atoms with Crippen molar-refractivity contribution < 1.29 is 32.2 Å². The number of fused-ring (bicyclic) bond motifs is 1. The van der Waals surface area contributed by atoms with E-state index >= 15 is 0 Å². The molecule has 2 aromatic carbocycles. The number of nitrogens with zero attached hydrogens (tertiary/aromatic N) is 1. The highest BCUT2D eigenvalue weighted by atomic mass is 19.3. The number of carbonyl (C=O) groups excluding carboxylic acids is 2. The van der Waals surface area contributed by atoms with Crippen molar-refractivity contribution in [2.75, 3.05) is 13.6 Å². The van der Waals surface area contributed by atoms with E-state index in [0.29, 0.717) is 16.7 Å². The first kappa shape index (κ1) is 19.3. The van der Waals surface area contributed by atoms with Gasteiger partial charge in [0, 0.05) is 25.9 Å². The van der Waals surface area contributed by atoms with E-state index in [-0.39, 0.29) is 36.2 Å². The summed E-state index contributed by atoms with van der Waals surface area (Å²) in [4.78, 5) is 27.1. The average Bonchev–Trinajstić information content (AvgIpc) is 3.12. The zero-order chi connectivity index (χ0) is 20.9. The predicted molar refractivity (Wildman–Crippen MR) is 96.4 cm³/mol. The van der Waals surface area contributed by atoms with Gasteiger partial charge in [-0.25, -0.2) is 4.39 Å². The van der Waals surface area contributed by atoms with Crippen molar-refractivity contribution in [2.45, 2.75) is 25.6 Å². The number of ketones is 1. The molecule has 2 heterocycles. The number of carbonyl (C=O) groups is 2. The highest BCUT2D eigenvalue weighted by molar-refractivity contribution is 6.04. The molecule has 8 heteroatoms. The molecule has 29 heavy (non-hydrogen) atoms. The number of Topliss-reactive ketones (excluding diaryl/α,β-unsaturated/α-hetero) is 1. The Bertz CT molecular complexity index is 1010. The number of hydrogen-bond acceptors (Lipinski definition) is 4. The molecule has 4 rings (SSSR count). The van der Waals surface area contributed by atoms with E-state index in [9.17, 15) is 22.8 Å². The Balaban J connectivity index is 1.63. The first-order valence-corrected chi connectivity index (χ1v) is 9.08. The smallest absolute Gasteiger partial charge is 0.395 e. The fourth-order valence-electron chi connectivity index (χ4n) is 3.90. The van der Waals surface area contributed by atoms with Crippen molar-refractivity contribution in [3.63, 3.8) is 0 Å². The van der Waals surface area contributed by atoms with Crippen LogP contribution in [-0.2, 0) is 16.0 Å². The third-order valence-electron chi connectivity index (χ3n) is 5.46. The number of alkyl halides is 2. The Labute approximate surface area is 165 Å². The second-order valence-electron chi connectivity index (χ2n) is 7.34. The molecule has 1 saturated heterocycles. The van der Waals surface area contributed by atoms with Crippen LogP contribution in [0.4, 0.5) is 13.2 Å². The minimum Gasteiger partial charge on any atom is -0.395 e. The first-order chi connectivity index (χ1) is 13.7. The second kappa shape index (κ2) is 6.79. The summed E-state index contributed by atoms with van der Waals surface area (Å²) in [7, 11) is 1.58. The van der Waals surface area contributed by atoms with Gasteiger partial charge < -0.3 is 14.4 Å². The van der Waals surface area contributed by atoms with Gasteiger partial charge >= 0.3 is 6.29 Å². The van der Waals surface area contributed by atoms with Crippen LogP contribution in [0.5, 0.6) is 11.5 Å². The molecule has 0 N–H and O–H groups in total. The summed E-state index contributed by atoms with van der Waals surface area (Å²) in [5, 5.41) is 0. The minimum atomic E-state index is -3.74. The SMILES string of the molecule is Cc1c(F)cccc1CC(=O)[C@H]1C(=O)N(C)C[C@@H]1c1ccc2c(c1)OC(F)(F)O2. The van der Waals surface area contributed by atoms with Crippen LogP contribution in [0.25, 0.3) is 0 Å². The number of amides is 1. The number of halogens is 3. The maximum atomic E-state index is 13.8. The molecule has 0 unspecified atom stereocenters. The summed E-state index contributed by atoms with van der Waals surface area (Å²) >= 11 is 0.